The average molecular weight is 167 g/mol. The van der Waals surface area contributed by atoms with Gasteiger partial charge in [0.05, 0.1) is 0 Å². The van der Waals surface area contributed by atoms with Gasteiger partial charge in [0.2, 0.25) is 0 Å². The van der Waals surface area contributed by atoms with E-state index < -0.39 is 0 Å². The van der Waals surface area contributed by atoms with Crippen molar-refractivity contribution in [1.29, 1.82) is 0 Å². The predicted molar refractivity (Wildman–Crippen MR) is 54.3 cm³/mol. The van der Waals surface area contributed by atoms with Crippen LogP contribution >= 0.6 is 0 Å². The number of rotatable bonds is 5. The van der Waals surface area contributed by atoms with Crippen LogP contribution in [0.1, 0.15) is 38.5 Å². The molecule has 1 atom stereocenters. The van der Waals surface area contributed by atoms with Crippen molar-refractivity contribution < 1.29 is 0 Å². The zero-order valence-electron chi connectivity index (χ0n) is 8.02. The van der Waals surface area contributed by atoms with Gasteiger partial charge in [-0.3, -0.25) is 0 Å². The third kappa shape index (κ3) is 3.91. The van der Waals surface area contributed by atoms with Gasteiger partial charge in [0, 0.05) is 0 Å². The van der Waals surface area contributed by atoms with Crippen molar-refractivity contribution >= 4 is 0 Å². The number of unbranched alkanes of at least 4 members (excludes halogenated alkanes) is 2. The summed E-state index contributed by atoms with van der Waals surface area (Å²) >= 11 is 0. The first-order valence-corrected chi connectivity index (χ1v) is 5.25. The highest BCUT2D eigenvalue weighted by atomic mass is 14.9. The van der Waals surface area contributed by atoms with E-state index in [1.165, 1.54) is 51.6 Å². The third-order valence-corrected chi connectivity index (χ3v) is 2.67. The highest BCUT2D eigenvalue weighted by Crippen LogP contribution is 2.17. The van der Waals surface area contributed by atoms with Crippen molar-refractivity contribution in [3.8, 4) is 0 Å². The first-order valence-electron chi connectivity index (χ1n) is 5.25. The Morgan fingerprint density at radius 1 is 1.42 bits per heavy atom. The lowest BCUT2D eigenvalue weighted by molar-refractivity contribution is 0.348. The van der Waals surface area contributed by atoms with Crippen LogP contribution in [0, 0.1) is 5.92 Å². The maximum Gasteiger partial charge on any atom is -0.00205 e. The Kier molecular flexibility index (Phi) is 5.09. The lowest BCUT2D eigenvalue weighted by Crippen LogP contribution is -2.29. The number of piperidine rings is 1. The summed E-state index contributed by atoms with van der Waals surface area (Å²) in [4.78, 5) is 0. The number of nitrogens with one attached hydrogen (secondary N) is 1. The molecule has 1 aliphatic heterocycles. The molecule has 12 heavy (non-hydrogen) atoms. The Hall–Kier alpha value is -0.300. The zero-order chi connectivity index (χ0) is 8.65. The lowest BCUT2D eigenvalue weighted by Gasteiger charge is -2.22. The minimum absolute atomic E-state index is 0.962. The van der Waals surface area contributed by atoms with Crippen molar-refractivity contribution in [2.24, 2.45) is 5.92 Å². The topological polar surface area (TPSA) is 12.0 Å². The first-order chi connectivity index (χ1) is 5.93. The van der Waals surface area contributed by atoms with E-state index >= 15 is 0 Å². The van der Waals surface area contributed by atoms with Crippen LogP contribution in [0.25, 0.3) is 0 Å². The van der Waals surface area contributed by atoms with Crippen LogP contribution in [0.5, 0.6) is 0 Å². The zero-order valence-corrected chi connectivity index (χ0v) is 8.02. The molecule has 0 bridgehead atoms. The summed E-state index contributed by atoms with van der Waals surface area (Å²) in [6, 6.07) is 0. The standard InChI is InChI=1S/C11H21N/c1-2-3-4-5-7-11-8-6-9-12-10-11/h2,11-12H,1,3-10H2. The molecule has 0 aromatic heterocycles. The SMILES string of the molecule is C=CCCCCC1CCCNC1. The van der Waals surface area contributed by atoms with Gasteiger partial charge in [0.15, 0.2) is 0 Å². The van der Waals surface area contributed by atoms with Crippen molar-refractivity contribution in [2.45, 2.75) is 38.5 Å². The second-order valence-electron chi connectivity index (χ2n) is 3.79. The Morgan fingerprint density at radius 2 is 2.33 bits per heavy atom. The van der Waals surface area contributed by atoms with E-state index in [9.17, 15) is 0 Å². The van der Waals surface area contributed by atoms with E-state index in [1.54, 1.807) is 0 Å². The van der Waals surface area contributed by atoms with Crippen molar-refractivity contribution in [3.05, 3.63) is 12.7 Å². The molecule has 1 nitrogen and oxygen atoms in total. The molecular weight excluding hydrogens is 146 g/mol. The summed E-state index contributed by atoms with van der Waals surface area (Å²) in [7, 11) is 0. The van der Waals surface area contributed by atoms with Gasteiger partial charge in [-0.15, -0.1) is 6.58 Å². The Morgan fingerprint density at radius 3 is 3.00 bits per heavy atom. The summed E-state index contributed by atoms with van der Waals surface area (Å²) in [5, 5.41) is 3.46. The van der Waals surface area contributed by atoms with E-state index in [-0.39, 0.29) is 0 Å². The van der Waals surface area contributed by atoms with E-state index in [1.807, 2.05) is 6.08 Å². The second kappa shape index (κ2) is 6.24. The van der Waals surface area contributed by atoms with Crippen LogP contribution < -0.4 is 5.32 Å². The summed E-state index contributed by atoms with van der Waals surface area (Å²) < 4.78 is 0. The van der Waals surface area contributed by atoms with Crippen LogP contribution in [0.15, 0.2) is 12.7 Å². The van der Waals surface area contributed by atoms with Crippen LogP contribution in [0.4, 0.5) is 0 Å². The van der Waals surface area contributed by atoms with E-state index in [2.05, 4.69) is 11.9 Å². The summed E-state index contributed by atoms with van der Waals surface area (Å²) in [6.45, 7) is 6.23. The van der Waals surface area contributed by atoms with E-state index in [0.717, 1.165) is 5.92 Å². The van der Waals surface area contributed by atoms with Gasteiger partial charge in [-0.25, -0.2) is 0 Å². The van der Waals surface area contributed by atoms with Gasteiger partial charge in [-0.2, -0.15) is 0 Å². The Labute approximate surface area is 76.2 Å². The smallest absolute Gasteiger partial charge is 0.00205 e. The quantitative estimate of drug-likeness (QED) is 0.490. The molecule has 0 radical (unpaired) electrons. The fourth-order valence-corrected chi connectivity index (χ4v) is 1.89. The molecule has 1 fully saturated rings. The molecule has 0 saturated carbocycles. The molecule has 1 rings (SSSR count). The molecule has 1 N–H and O–H groups in total. The normalized spacial score (nSPS) is 23.8. The van der Waals surface area contributed by atoms with Crippen molar-refractivity contribution in [1.82, 2.24) is 5.32 Å². The number of hydrogen-bond acceptors (Lipinski definition) is 1. The average Bonchev–Trinajstić information content (AvgIpc) is 2.14. The fraction of sp³-hybridized carbons (Fsp3) is 0.818. The third-order valence-electron chi connectivity index (χ3n) is 2.67. The molecule has 1 unspecified atom stereocenters. The fourth-order valence-electron chi connectivity index (χ4n) is 1.89. The van der Waals surface area contributed by atoms with Gasteiger partial charge in [0.25, 0.3) is 0 Å². The van der Waals surface area contributed by atoms with Crippen molar-refractivity contribution in [3.63, 3.8) is 0 Å². The van der Waals surface area contributed by atoms with Crippen LogP contribution in [0.3, 0.4) is 0 Å². The molecule has 0 aliphatic carbocycles. The molecule has 0 aromatic carbocycles. The van der Waals surface area contributed by atoms with Crippen LogP contribution in [-0.2, 0) is 0 Å². The maximum atomic E-state index is 3.73. The van der Waals surface area contributed by atoms with Gasteiger partial charge >= 0.3 is 0 Å². The number of hydrogen-bond donors (Lipinski definition) is 1. The first kappa shape index (κ1) is 9.79. The minimum atomic E-state index is 0.962. The number of allylic oxidation sites excluding steroid dienone is 1. The van der Waals surface area contributed by atoms with Crippen LogP contribution in [0.2, 0.25) is 0 Å². The van der Waals surface area contributed by atoms with Gasteiger partial charge in [-0.1, -0.05) is 12.5 Å². The van der Waals surface area contributed by atoms with Gasteiger partial charge < -0.3 is 5.32 Å². The molecule has 1 aliphatic rings. The molecule has 0 aromatic rings. The summed E-state index contributed by atoms with van der Waals surface area (Å²) in [6.07, 6.45) is 10.2. The van der Waals surface area contributed by atoms with Gasteiger partial charge in [-0.05, 0) is 51.1 Å². The molecule has 0 amide bonds. The summed E-state index contributed by atoms with van der Waals surface area (Å²) in [5.74, 6) is 0.962. The second-order valence-corrected chi connectivity index (χ2v) is 3.79. The molecule has 1 saturated heterocycles. The van der Waals surface area contributed by atoms with E-state index in [4.69, 9.17) is 0 Å². The molecule has 1 heterocycles. The van der Waals surface area contributed by atoms with Crippen molar-refractivity contribution in [2.75, 3.05) is 13.1 Å². The highest BCUT2D eigenvalue weighted by Gasteiger charge is 2.11. The minimum Gasteiger partial charge on any atom is -0.316 e. The lowest BCUT2D eigenvalue weighted by atomic mass is 9.94. The maximum absolute atomic E-state index is 3.73. The van der Waals surface area contributed by atoms with Gasteiger partial charge in [0.1, 0.15) is 0 Å². The predicted octanol–water partition coefficient (Wildman–Crippen LogP) is 2.73. The molecule has 1 heteroatoms. The molecule has 0 spiro atoms. The monoisotopic (exact) mass is 167 g/mol. The highest BCUT2D eigenvalue weighted by molar-refractivity contribution is 4.70. The van der Waals surface area contributed by atoms with Crippen LogP contribution in [-0.4, -0.2) is 13.1 Å². The summed E-state index contributed by atoms with van der Waals surface area (Å²) in [5.41, 5.74) is 0. The molecular formula is C11H21N. The van der Waals surface area contributed by atoms with E-state index in [0.29, 0.717) is 0 Å². The Bertz CT molecular complexity index is 114. The molecule has 70 valence electrons. The largest absolute Gasteiger partial charge is 0.316 e. The Balaban J connectivity index is 1.94.